The highest BCUT2D eigenvalue weighted by Gasteiger charge is 2.56. The van der Waals surface area contributed by atoms with Gasteiger partial charge in [-0.2, -0.15) is 0 Å². The summed E-state index contributed by atoms with van der Waals surface area (Å²) >= 11 is 0. The summed E-state index contributed by atoms with van der Waals surface area (Å²) in [5.74, 6) is -7.58. The predicted molar refractivity (Wildman–Crippen MR) is 218 cm³/mol. The van der Waals surface area contributed by atoms with Crippen LogP contribution in [-0.4, -0.2) is 134 Å². The van der Waals surface area contributed by atoms with Crippen LogP contribution in [0.1, 0.15) is 112 Å². The average molecular weight is 834 g/mol. The van der Waals surface area contributed by atoms with Crippen LogP contribution in [-0.2, 0) is 52.4 Å². The van der Waals surface area contributed by atoms with E-state index < -0.39 is 77.8 Å². The Balaban J connectivity index is 1.75. The molecule has 3 heterocycles. The number of piperidine rings is 1. The number of methoxy groups -OCH3 is 3. The molecule has 4 rings (SSSR count). The molecule has 0 aromatic rings. The SMILES string of the molecule is CCC1/C=C(\C)CC(C)CC(OC)C2OC(O)(C(=O)C(=O)N3CCCCC3C(=O)OC(C(C)=CC3CCC(OCC=O)C(OC)C3)C(C)C(O)CC1=O)C(C)CC2OC. The molecule has 14 atom stereocenters. The Hall–Kier alpha value is -2.85. The third-order valence-electron chi connectivity index (χ3n) is 13.2. The van der Waals surface area contributed by atoms with E-state index in [2.05, 4.69) is 0 Å². The van der Waals surface area contributed by atoms with Crippen molar-refractivity contribution in [3.05, 3.63) is 23.3 Å². The molecule has 1 aliphatic carbocycles. The Morgan fingerprint density at radius 2 is 1.61 bits per heavy atom. The molecule has 0 aromatic carbocycles. The fourth-order valence-corrected chi connectivity index (χ4v) is 9.73. The minimum Gasteiger partial charge on any atom is -0.456 e. The van der Waals surface area contributed by atoms with E-state index in [1.54, 1.807) is 21.0 Å². The molecule has 0 radical (unpaired) electrons. The number of nitrogens with zero attached hydrogens (tertiary/aromatic N) is 1. The Morgan fingerprint density at radius 1 is 0.932 bits per heavy atom. The molecule has 2 saturated heterocycles. The molecule has 334 valence electrons. The standard InChI is InChI=1S/C45H71NO13/c1-10-32-20-26(2)19-27(3)21-38(55-8)41-39(56-9)23-29(5)45(53,59-41)42(50)43(51)46-16-12-11-13-33(46)44(52)58-40(30(6)34(48)25-35(32)49)28(4)22-31-14-15-36(57-18-17-47)37(24-31)54-7/h17,20,22,27,29-34,36-41,48,53H,10-16,18-19,21,23-25H2,1-9H3/b26-20+,28-22?. The van der Waals surface area contributed by atoms with E-state index in [4.69, 9.17) is 28.4 Å². The summed E-state index contributed by atoms with van der Waals surface area (Å²) in [6, 6.07) is -1.14. The number of esters is 1. The molecule has 0 aromatic heterocycles. The first-order chi connectivity index (χ1) is 28.0. The van der Waals surface area contributed by atoms with Gasteiger partial charge in [0.2, 0.25) is 5.79 Å². The van der Waals surface area contributed by atoms with Gasteiger partial charge in [-0.05, 0) is 95.5 Å². The zero-order valence-corrected chi connectivity index (χ0v) is 36.8. The molecule has 14 nitrogen and oxygen atoms in total. The van der Waals surface area contributed by atoms with E-state index in [1.807, 2.05) is 39.8 Å². The van der Waals surface area contributed by atoms with Crippen molar-refractivity contribution in [3.8, 4) is 0 Å². The smallest absolute Gasteiger partial charge is 0.329 e. The second-order valence-corrected chi connectivity index (χ2v) is 17.6. The van der Waals surface area contributed by atoms with E-state index in [0.717, 1.165) is 5.57 Å². The molecule has 14 heteroatoms. The van der Waals surface area contributed by atoms with Gasteiger partial charge < -0.3 is 48.3 Å². The molecule has 59 heavy (non-hydrogen) atoms. The molecule has 1 amide bonds. The van der Waals surface area contributed by atoms with Crippen LogP contribution >= 0.6 is 0 Å². The second kappa shape index (κ2) is 22.3. The van der Waals surface area contributed by atoms with Crippen LogP contribution in [0.3, 0.4) is 0 Å². The van der Waals surface area contributed by atoms with Gasteiger partial charge in [0.15, 0.2) is 0 Å². The first-order valence-corrected chi connectivity index (χ1v) is 21.7. The number of hydrogen-bond acceptors (Lipinski definition) is 13. The monoisotopic (exact) mass is 833 g/mol. The third-order valence-corrected chi connectivity index (χ3v) is 13.2. The largest absolute Gasteiger partial charge is 0.456 e. The number of aliphatic hydroxyl groups is 2. The van der Waals surface area contributed by atoms with Crippen molar-refractivity contribution in [2.45, 2.75) is 167 Å². The minimum absolute atomic E-state index is 0.00586. The van der Waals surface area contributed by atoms with Crippen LogP contribution in [0.5, 0.6) is 0 Å². The number of Topliss-reactive ketones (excluding diaryl/α,β-unsaturated/α-hetero) is 2. The van der Waals surface area contributed by atoms with E-state index in [-0.39, 0.29) is 62.2 Å². The van der Waals surface area contributed by atoms with Crippen LogP contribution in [0, 0.1) is 29.6 Å². The molecule has 3 fully saturated rings. The molecule has 2 N–H and O–H groups in total. The van der Waals surface area contributed by atoms with Crippen molar-refractivity contribution >= 4 is 29.7 Å². The van der Waals surface area contributed by atoms with Crippen LogP contribution in [0.4, 0.5) is 0 Å². The molecule has 0 spiro atoms. The van der Waals surface area contributed by atoms with Gasteiger partial charge in [0.25, 0.3) is 11.7 Å². The quantitative estimate of drug-likeness (QED) is 0.141. The summed E-state index contributed by atoms with van der Waals surface area (Å²) in [4.78, 5) is 68.9. The maximum absolute atomic E-state index is 14.4. The average Bonchev–Trinajstić information content (AvgIpc) is 3.22. The number of amides is 1. The summed E-state index contributed by atoms with van der Waals surface area (Å²) in [5.41, 5.74) is 1.65. The van der Waals surface area contributed by atoms with Crippen molar-refractivity contribution in [1.82, 2.24) is 4.90 Å². The van der Waals surface area contributed by atoms with Crippen LogP contribution in [0.2, 0.25) is 0 Å². The van der Waals surface area contributed by atoms with Crippen LogP contribution < -0.4 is 0 Å². The minimum atomic E-state index is -2.51. The number of carbonyl (C=O) groups excluding carboxylic acids is 5. The Kier molecular flexibility index (Phi) is 18.5. The summed E-state index contributed by atoms with van der Waals surface area (Å²) < 4.78 is 35.7. The van der Waals surface area contributed by atoms with E-state index >= 15 is 0 Å². The van der Waals surface area contributed by atoms with Crippen LogP contribution in [0.25, 0.3) is 0 Å². The summed E-state index contributed by atoms with van der Waals surface area (Å²) in [6.07, 6.45) is 4.92. The number of ether oxygens (including phenoxy) is 6. The van der Waals surface area contributed by atoms with Gasteiger partial charge in [-0.25, -0.2) is 4.79 Å². The second-order valence-electron chi connectivity index (χ2n) is 17.6. The fourth-order valence-electron chi connectivity index (χ4n) is 9.73. The lowest BCUT2D eigenvalue weighted by Crippen LogP contribution is -2.64. The number of allylic oxidation sites excluding steroid dienone is 3. The number of ketones is 2. The zero-order valence-electron chi connectivity index (χ0n) is 36.8. The topological polar surface area (TPSA) is 184 Å². The lowest BCUT2D eigenvalue weighted by atomic mass is 9.81. The first kappa shape index (κ1) is 48.8. The lowest BCUT2D eigenvalue weighted by Gasteiger charge is -2.47. The van der Waals surface area contributed by atoms with Gasteiger partial charge in [0.1, 0.15) is 36.9 Å². The van der Waals surface area contributed by atoms with Gasteiger partial charge in [0.05, 0.1) is 30.5 Å². The maximum Gasteiger partial charge on any atom is 0.329 e. The number of aldehydes is 1. The summed E-state index contributed by atoms with van der Waals surface area (Å²) in [5, 5.41) is 23.8. The highest BCUT2D eigenvalue weighted by molar-refractivity contribution is 6.39. The highest BCUT2D eigenvalue weighted by atomic mass is 16.7. The van der Waals surface area contributed by atoms with E-state index in [0.29, 0.717) is 63.2 Å². The predicted octanol–water partition coefficient (Wildman–Crippen LogP) is 4.70. The van der Waals surface area contributed by atoms with Crippen molar-refractivity contribution < 1.29 is 62.6 Å². The van der Waals surface area contributed by atoms with Crippen molar-refractivity contribution in [2.24, 2.45) is 29.6 Å². The van der Waals surface area contributed by atoms with Crippen molar-refractivity contribution in [2.75, 3.05) is 34.5 Å². The Labute approximate surface area is 350 Å². The van der Waals surface area contributed by atoms with Gasteiger partial charge in [-0.1, -0.05) is 45.4 Å². The molecule has 2 bridgehead atoms. The van der Waals surface area contributed by atoms with Crippen molar-refractivity contribution in [3.63, 3.8) is 0 Å². The summed E-state index contributed by atoms with van der Waals surface area (Å²) in [7, 11) is 4.66. The fraction of sp³-hybridized carbons (Fsp3) is 0.800. The van der Waals surface area contributed by atoms with E-state index in [9.17, 15) is 34.2 Å². The maximum atomic E-state index is 14.4. The number of hydrogen-bond donors (Lipinski definition) is 2. The number of rotatable bonds is 9. The molecular formula is C45H71NO13. The van der Waals surface area contributed by atoms with Crippen LogP contribution in [0.15, 0.2) is 23.3 Å². The van der Waals surface area contributed by atoms with Crippen molar-refractivity contribution in [1.29, 1.82) is 0 Å². The molecule has 4 aliphatic rings. The van der Waals surface area contributed by atoms with Gasteiger partial charge in [0, 0.05) is 52.0 Å². The molecule has 3 aliphatic heterocycles. The third kappa shape index (κ3) is 12.0. The number of cyclic esters (lactones) is 1. The molecule has 14 unspecified atom stereocenters. The number of aliphatic hydroxyl groups excluding tert-OH is 1. The Bertz CT molecular complexity index is 1510. The number of fused-ring (bicyclic) bond motifs is 3. The highest BCUT2D eigenvalue weighted by Crippen LogP contribution is 2.39. The van der Waals surface area contributed by atoms with E-state index in [1.165, 1.54) is 19.1 Å². The normalized spacial score (nSPS) is 40.0. The van der Waals surface area contributed by atoms with Gasteiger partial charge in [-0.15, -0.1) is 0 Å². The lowest BCUT2D eigenvalue weighted by molar-refractivity contribution is -0.302. The summed E-state index contributed by atoms with van der Waals surface area (Å²) in [6.45, 7) is 11.2. The number of carbonyl (C=O) groups is 5. The Morgan fingerprint density at radius 3 is 2.25 bits per heavy atom. The molecular weight excluding hydrogens is 762 g/mol. The zero-order chi connectivity index (χ0) is 43.6. The first-order valence-electron chi connectivity index (χ1n) is 21.7. The van der Waals surface area contributed by atoms with Gasteiger partial charge in [-0.3, -0.25) is 14.4 Å². The van der Waals surface area contributed by atoms with Gasteiger partial charge >= 0.3 is 5.97 Å². The molecule has 1 saturated carbocycles.